The molecular formula is C16H30N2O3. The van der Waals surface area contributed by atoms with Crippen LogP contribution in [0.2, 0.25) is 0 Å². The lowest BCUT2D eigenvalue weighted by Gasteiger charge is -2.22. The zero-order chi connectivity index (χ0) is 15.3. The van der Waals surface area contributed by atoms with Gasteiger partial charge in [0.2, 0.25) is 5.91 Å². The van der Waals surface area contributed by atoms with E-state index in [0.717, 1.165) is 0 Å². The van der Waals surface area contributed by atoms with Crippen LogP contribution in [0.3, 0.4) is 0 Å². The van der Waals surface area contributed by atoms with Crippen LogP contribution in [0, 0.1) is 0 Å². The third-order valence-corrected chi connectivity index (χ3v) is 3.81. The summed E-state index contributed by atoms with van der Waals surface area (Å²) < 4.78 is 4.73. The van der Waals surface area contributed by atoms with Crippen LogP contribution in [0.5, 0.6) is 0 Å². The number of rotatable bonds is 3. The van der Waals surface area contributed by atoms with Gasteiger partial charge in [0.25, 0.3) is 0 Å². The van der Waals surface area contributed by atoms with Crippen LogP contribution in [-0.4, -0.2) is 37.6 Å². The molecule has 122 valence electrons. The zero-order valence-corrected chi connectivity index (χ0v) is 13.3. The summed E-state index contributed by atoms with van der Waals surface area (Å²) >= 11 is 0. The molecule has 1 aliphatic carbocycles. The minimum atomic E-state index is -0.423. The van der Waals surface area contributed by atoms with Crippen LogP contribution in [0.4, 0.5) is 0 Å². The summed E-state index contributed by atoms with van der Waals surface area (Å²) in [6.07, 6.45) is 12.1. The van der Waals surface area contributed by atoms with E-state index >= 15 is 0 Å². The number of piperazine rings is 1. The quantitative estimate of drug-likeness (QED) is 0.783. The summed E-state index contributed by atoms with van der Waals surface area (Å²) in [5.74, 6) is -0.462. The first-order valence-corrected chi connectivity index (χ1v) is 8.40. The minimum Gasteiger partial charge on any atom is -0.466 e. The second kappa shape index (κ2) is 11.5. The molecule has 1 saturated carbocycles. The first-order valence-electron chi connectivity index (χ1n) is 8.40. The molecule has 1 heterocycles. The summed E-state index contributed by atoms with van der Waals surface area (Å²) in [5, 5.41) is 5.62. The largest absolute Gasteiger partial charge is 0.466 e. The molecule has 2 fully saturated rings. The smallest absolute Gasteiger partial charge is 0.307 e. The third kappa shape index (κ3) is 8.71. The normalized spacial score (nSPS) is 22.9. The lowest BCUT2D eigenvalue weighted by molar-refractivity contribution is -0.145. The van der Waals surface area contributed by atoms with E-state index in [9.17, 15) is 9.59 Å². The highest BCUT2D eigenvalue weighted by Crippen LogP contribution is 2.15. The Morgan fingerprint density at radius 3 is 2.00 bits per heavy atom. The number of nitrogens with one attached hydrogen (secondary N) is 2. The molecule has 0 aromatic carbocycles. The van der Waals surface area contributed by atoms with Crippen molar-refractivity contribution in [3.8, 4) is 0 Å². The van der Waals surface area contributed by atoms with Gasteiger partial charge in [0.1, 0.15) is 0 Å². The molecule has 2 aliphatic rings. The summed E-state index contributed by atoms with van der Waals surface area (Å²) in [6.45, 7) is 3.42. The fraction of sp³-hybridized carbons (Fsp3) is 0.875. The topological polar surface area (TPSA) is 67.4 Å². The van der Waals surface area contributed by atoms with Crippen LogP contribution >= 0.6 is 0 Å². The van der Waals surface area contributed by atoms with Gasteiger partial charge in [-0.15, -0.1) is 0 Å². The minimum absolute atomic E-state index is 0.111. The van der Waals surface area contributed by atoms with Crippen molar-refractivity contribution in [2.24, 2.45) is 0 Å². The maximum absolute atomic E-state index is 11.2. The Labute approximate surface area is 128 Å². The first kappa shape index (κ1) is 18.0. The van der Waals surface area contributed by atoms with Crippen LogP contribution in [-0.2, 0) is 14.3 Å². The summed E-state index contributed by atoms with van der Waals surface area (Å²) in [7, 11) is 0. The number of carbonyl (C=O) groups is 2. The Kier molecular flexibility index (Phi) is 9.87. The van der Waals surface area contributed by atoms with E-state index in [0.29, 0.717) is 19.7 Å². The van der Waals surface area contributed by atoms with E-state index in [2.05, 4.69) is 10.6 Å². The van der Waals surface area contributed by atoms with Gasteiger partial charge in [-0.3, -0.25) is 9.59 Å². The van der Waals surface area contributed by atoms with Crippen molar-refractivity contribution in [2.45, 2.75) is 70.8 Å². The Morgan fingerprint density at radius 2 is 1.57 bits per heavy atom. The van der Waals surface area contributed by atoms with Crippen molar-refractivity contribution in [3.63, 3.8) is 0 Å². The van der Waals surface area contributed by atoms with Gasteiger partial charge in [0.05, 0.1) is 19.1 Å². The lowest BCUT2D eigenvalue weighted by Crippen LogP contribution is -2.53. The molecule has 0 radical (unpaired) electrons. The average molecular weight is 298 g/mol. The molecule has 0 aromatic rings. The fourth-order valence-electron chi connectivity index (χ4n) is 2.61. The van der Waals surface area contributed by atoms with Crippen molar-refractivity contribution >= 4 is 11.9 Å². The standard InChI is InChI=1S/C8H14N2O3.C8H16/c1-2-13-7(11)5-6-8(12)10-4-3-9-6;1-2-4-6-8-7-5-3-1/h6,9H,2-5H2,1H3,(H,10,12);1-8H2. The van der Waals surface area contributed by atoms with Gasteiger partial charge < -0.3 is 15.4 Å². The van der Waals surface area contributed by atoms with Crippen molar-refractivity contribution in [3.05, 3.63) is 0 Å². The van der Waals surface area contributed by atoms with Gasteiger partial charge in [0.15, 0.2) is 0 Å². The highest BCUT2D eigenvalue weighted by molar-refractivity contribution is 5.87. The summed E-state index contributed by atoms with van der Waals surface area (Å²) in [5.41, 5.74) is 0. The molecule has 1 unspecified atom stereocenters. The van der Waals surface area contributed by atoms with E-state index in [4.69, 9.17) is 4.74 Å². The molecule has 1 amide bonds. The molecule has 1 aliphatic heterocycles. The highest BCUT2D eigenvalue weighted by Gasteiger charge is 2.24. The maximum atomic E-state index is 11.2. The summed E-state index contributed by atoms with van der Waals surface area (Å²) in [4.78, 5) is 22.2. The van der Waals surface area contributed by atoms with Gasteiger partial charge in [-0.1, -0.05) is 51.4 Å². The number of amides is 1. The van der Waals surface area contributed by atoms with E-state index in [-0.39, 0.29) is 18.3 Å². The van der Waals surface area contributed by atoms with Crippen LogP contribution < -0.4 is 10.6 Å². The van der Waals surface area contributed by atoms with Gasteiger partial charge >= 0.3 is 5.97 Å². The molecule has 5 nitrogen and oxygen atoms in total. The zero-order valence-electron chi connectivity index (χ0n) is 13.3. The van der Waals surface area contributed by atoms with E-state index in [1.807, 2.05) is 0 Å². The highest BCUT2D eigenvalue weighted by atomic mass is 16.5. The molecule has 2 rings (SSSR count). The van der Waals surface area contributed by atoms with Crippen molar-refractivity contribution < 1.29 is 14.3 Å². The van der Waals surface area contributed by atoms with Crippen molar-refractivity contribution in [1.82, 2.24) is 10.6 Å². The Hall–Kier alpha value is -1.10. The van der Waals surface area contributed by atoms with Crippen LogP contribution in [0.1, 0.15) is 64.7 Å². The van der Waals surface area contributed by atoms with E-state index < -0.39 is 6.04 Å². The fourth-order valence-corrected chi connectivity index (χ4v) is 2.61. The van der Waals surface area contributed by atoms with Crippen LogP contribution in [0.15, 0.2) is 0 Å². The molecule has 5 heteroatoms. The van der Waals surface area contributed by atoms with Crippen molar-refractivity contribution in [2.75, 3.05) is 19.7 Å². The Morgan fingerprint density at radius 1 is 1.05 bits per heavy atom. The molecule has 2 N–H and O–H groups in total. The maximum Gasteiger partial charge on any atom is 0.307 e. The van der Waals surface area contributed by atoms with Gasteiger partial charge in [-0.2, -0.15) is 0 Å². The molecule has 21 heavy (non-hydrogen) atoms. The van der Waals surface area contributed by atoms with Gasteiger partial charge in [0, 0.05) is 13.1 Å². The lowest BCUT2D eigenvalue weighted by atomic mass is 10.0. The number of carbonyl (C=O) groups excluding carboxylic acids is 2. The molecule has 1 saturated heterocycles. The second-order valence-electron chi connectivity index (χ2n) is 5.64. The van der Waals surface area contributed by atoms with Gasteiger partial charge in [-0.25, -0.2) is 0 Å². The monoisotopic (exact) mass is 298 g/mol. The number of esters is 1. The molecule has 1 atom stereocenters. The number of hydrogen-bond acceptors (Lipinski definition) is 4. The van der Waals surface area contributed by atoms with Crippen LogP contribution in [0.25, 0.3) is 0 Å². The Bertz CT molecular complexity index is 284. The number of hydrogen-bond donors (Lipinski definition) is 2. The molecular weight excluding hydrogens is 268 g/mol. The third-order valence-electron chi connectivity index (χ3n) is 3.81. The molecule has 0 bridgehead atoms. The first-order chi connectivity index (χ1) is 10.2. The second-order valence-corrected chi connectivity index (χ2v) is 5.64. The van der Waals surface area contributed by atoms with Crippen molar-refractivity contribution in [1.29, 1.82) is 0 Å². The van der Waals surface area contributed by atoms with Gasteiger partial charge in [-0.05, 0) is 6.92 Å². The predicted molar refractivity (Wildman–Crippen MR) is 83.0 cm³/mol. The van der Waals surface area contributed by atoms with E-state index in [1.54, 1.807) is 6.92 Å². The van der Waals surface area contributed by atoms with E-state index in [1.165, 1.54) is 51.4 Å². The average Bonchev–Trinajstić information content (AvgIpc) is 2.41. The SMILES string of the molecule is C1CCCCCCC1.CCOC(=O)CC1NCCNC1=O. The predicted octanol–water partition coefficient (Wildman–Crippen LogP) is 2.15. The number of ether oxygens (including phenoxy) is 1. The Balaban J connectivity index is 0.000000235. The molecule has 0 aromatic heterocycles. The summed E-state index contributed by atoms with van der Waals surface area (Å²) in [6, 6.07) is -0.423. The molecule has 0 spiro atoms.